The van der Waals surface area contributed by atoms with Gasteiger partial charge in [-0.2, -0.15) is 0 Å². The lowest BCUT2D eigenvalue weighted by Crippen LogP contribution is -2.42. The summed E-state index contributed by atoms with van der Waals surface area (Å²) in [5.41, 5.74) is 3.92. The van der Waals surface area contributed by atoms with Crippen molar-refractivity contribution in [2.75, 3.05) is 16.8 Å². The number of carbonyl (C=O) groups excluding carboxylic acids is 2. The van der Waals surface area contributed by atoms with Crippen LogP contribution in [0.2, 0.25) is 0 Å². The molecule has 0 bridgehead atoms. The van der Waals surface area contributed by atoms with Crippen molar-refractivity contribution in [3.8, 4) is 0 Å². The highest BCUT2D eigenvalue weighted by atomic mass is 19.1. The molecular formula is C26H28FN3O2. The summed E-state index contributed by atoms with van der Waals surface area (Å²) in [6.45, 7) is 4.31. The number of nitrogens with one attached hydrogen (secondary N) is 2. The molecule has 0 radical (unpaired) electrons. The fraction of sp³-hybridized carbons (Fsp3) is 0.385. The van der Waals surface area contributed by atoms with Crippen molar-refractivity contribution < 1.29 is 14.0 Å². The lowest BCUT2D eigenvalue weighted by atomic mass is 9.73. The molecule has 2 aliphatic carbocycles. The first kappa shape index (κ1) is 20.7. The zero-order chi connectivity index (χ0) is 22.5. The van der Waals surface area contributed by atoms with Crippen LogP contribution in [0.1, 0.15) is 51.1 Å². The monoisotopic (exact) mass is 433 g/mol. The number of allylic oxidation sites excluding steroid dienone is 1. The van der Waals surface area contributed by atoms with Gasteiger partial charge in [-0.05, 0) is 54.5 Å². The van der Waals surface area contributed by atoms with Crippen molar-refractivity contribution >= 4 is 23.1 Å². The number of carbonyl (C=O) groups is 2. The molecule has 0 spiro atoms. The number of benzene rings is 2. The minimum Gasteiger partial charge on any atom is -0.357 e. The second-order valence-electron chi connectivity index (χ2n) is 9.90. The Labute approximate surface area is 187 Å². The summed E-state index contributed by atoms with van der Waals surface area (Å²) in [5, 5.41) is 6.59. The maximum atomic E-state index is 13.8. The average molecular weight is 434 g/mol. The number of rotatable bonds is 4. The van der Waals surface area contributed by atoms with Gasteiger partial charge in [0.1, 0.15) is 5.82 Å². The van der Waals surface area contributed by atoms with Crippen molar-refractivity contribution in [1.82, 2.24) is 5.32 Å². The van der Waals surface area contributed by atoms with Crippen LogP contribution < -0.4 is 15.5 Å². The number of hydrogen-bond donors (Lipinski definition) is 2. The van der Waals surface area contributed by atoms with Crippen molar-refractivity contribution in [3.63, 3.8) is 0 Å². The van der Waals surface area contributed by atoms with E-state index in [1.54, 1.807) is 12.1 Å². The number of para-hydroxylation sites is 2. The zero-order valence-corrected chi connectivity index (χ0v) is 18.5. The Morgan fingerprint density at radius 3 is 2.56 bits per heavy atom. The van der Waals surface area contributed by atoms with E-state index in [9.17, 15) is 14.0 Å². The Kier molecular flexibility index (Phi) is 5.03. The minimum atomic E-state index is -0.477. The Balaban J connectivity index is 1.67. The number of nitrogens with zero attached hydrogens (tertiary/aromatic N) is 1. The quantitative estimate of drug-likeness (QED) is 0.732. The molecular weight excluding hydrogens is 405 g/mol. The number of hydrogen-bond acceptors (Lipinski definition) is 4. The second-order valence-corrected chi connectivity index (χ2v) is 9.90. The van der Waals surface area contributed by atoms with Crippen LogP contribution in [0.5, 0.6) is 0 Å². The van der Waals surface area contributed by atoms with Crippen LogP contribution in [-0.2, 0) is 9.59 Å². The van der Waals surface area contributed by atoms with Gasteiger partial charge in [0.2, 0.25) is 5.91 Å². The predicted octanol–water partition coefficient (Wildman–Crippen LogP) is 4.72. The maximum Gasteiger partial charge on any atom is 0.239 e. The molecule has 0 aromatic heterocycles. The molecule has 1 saturated carbocycles. The van der Waals surface area contributed by atoms with E-state index >= 15 is 0 Å². The van der Waals surface area contributed by atoms with Gasteiger partial charge in [-0.15, -0.1) is 0 Å². The summed E-state index contributed by atoms with van der Waals surface area (Å²) in [5.74, 6) is -0.329. The third-order valence-electron chi connectivity index (χ3n) is 6.45. The molecule has 32 heavy (non-hydrogen) atoms. The summed E-state index contributed by atoms with van der Waals surface area (Å²) >= 11 is 0. The van der Waals surface area contributed by atoms with E-state index in [1.807, 2.05) is 29.2 Å². The van der Waals surface area contributed by atoms with E-state index in [0.29, 0.717) is 12.0 Å². The van der Waals surface area contributed by atoms with Crippen LogP contribution in [-0.4, -0.2) is 24.3 Å². The van der Waals surface area contributed by atoms with Gasteiger partial charge in [0.25, 0.3) is 0 Å². The van der Waals surface area contributed by atoms with Crippen molar-refractivity contribution in [3.05, 3.63) is 71.2 Å². The topological polar surface area (TPSA) is 61.4 Å². The van der Waals surface area contributed by atoms with Crippen LogP contribution in [0, 0.1) is 11.2 Å². The number of anilines is 2. The van der Waals surface area contributed by atoms with Crippen molar-refractivity contribution in [2.24, 2.45) is 5.41 Å². The Hall–Kier alpha value is -3.15. The van der Waals surface area contributed by atoms with E-state index in [1.165, 1.54) is 12.1 Å². The highest BCUT2D eigenvalue weighted by molar-refractivity contribution is 6.01. The number of amides is 1. The van der Waals surface area contributed by atoms with E-state index in [2.05, 4.69) is 24.5 Å². The zero-order valence-electron chi connectivity index (χ0n) is 18.5. The molecule has 0 saturated heterocycles. The molecule has 5 nitrogen and oxygen atoms in total. The summed E-state index contributed by atoms with van der Waals surface area (Å²) in [6.07, 6.45) is 3.17. The molecule has 3 aliphatic rings. The van der Waals surface area contributed by atoms with Crippen LogP contribution >= 0.6 is 0 Å². The smallest absolute Gasteiger partial charge is 0.239 e. The van der Waals surface area contributed by atoms with Crippen molar-refractivity contribution in [2.45, 2.75) is 51.6 Å². The average Bonchev–Trinajstić information content (AvgIpc) is 3.54. The highest BCUT2D eigenvalue weighted by Gasteiger charge is 2.42. The fourth-order valence-electron chi connectivity index (χ4n) is 4.87. The van der Waals surface area contributed by atoms with E-state index < -0.39 is 6.04 Å². The first-order chi connectivity index (χ1) is 15.3. The number of fused-ring (bicyclic) bond motifs is 1. The summed E-state index contributed by atoms with van der Waals surface area (Å²) in [6, 6.07) is 13.9. The molecule has 6 heteroatoms. The molecule has 1 amide bonds. The van der Waals surface area contributed by atoms with Gasteiger partial charge >= 0.3 is 0 Å². The molecule has 1 heterocycles. The summed E-state index contributed by atoms with van der Waals surface area (Å²) in [4.78, 5) is 28.4. The normalized spacial score (nSPS) is 21.9. The van der Waals surface area contributed by atoms with E-state index in [-0.39, 0.29) is 35.5 Å². The third-order valence-corrected chi connectivity index (χ3v) is 6.45. The molecule has 2 N–H and O–H groups in total. The Bertz CT molecular complexity index is 1100. The van der Waals surface area contributed by atoms with E-state index in [0.717, 1.165) is 41.9 Å². The first-order valence-electron chi connectivity index (χ1n) is 11.2. The summed E-state index contributed by atoms with van der Waals surface area (Å²) in [7, 11) is 0. The number of Topliss-reactive ketones (excluding diaryl/α,β-unsaturated/α-hetero) is 1. The summed E-state index contributed by atoms with van der Waals surface area (Å²) < 4.78 is 13.8. The van der Waals surface area contributed by atoms with Crippen LogP contribution in [0.4, 0.5) is 15.8 Å². The van der Waals surface area contributed by atoms with Gasteiger partial charge in [-0.25, -0.2) is 4.39 Å². The van der Waals surface area contributed by atoms with Gasteiger partial charge < -0.3 is 15.5 Å². The molecule has 1 atom stereocenters. The van der Waals surface area contributed by atoms with Gasteiger partial charge in [0.05, 0.1) is 24.0 Å². The lowest BCUT2D eigenvalue weighted by Gasteiger charge is -2.37. The first-order valence-corrected chi connectivity index (χ1v) is 11.2. The number of ketones is 1. The van der Waals surface area contributed by atoms with Crippen molar-refractivity contribution in [1.29, 1.82) is 0 Å². The van der Waals surface area contributed by atoms with Gasteiger partial charge in [-0.3, -0.25) is 9.59 Å². The third kappa shape index (κ3) is 4.01. The number of halogens is 1. The molecule has 166 valence electrons. The second kappa shape index (κ2) is 7.76. The fourth-order valence-corrected chi connectivity index (χ4v) is 4.87. The largest absolute Gasteiger partial charge is 0.357 e. The SMILES string of the molecule is CC1(C)CC(=O)C2=C(C1)Nc1ccccc1N(CC(=O)NC1CC1)C2c1ccc(F)cc1. The van der Waals surface area contributed by atoms with Gasteiger partial charge in [0.15, 0.2) is 5.78 Å². The molecule has 2 aromatic rings. The lowest BCUT2D eigenvalue weighted by molar-refractivity contribution is -0.120. The van der Waals surface area contributed by atoms with Crippen LogP contribution in [0.3, 0.4) is 0 Å². The van der Waals surface area contributed by atoms with Crippen LogP contribution in [0.15, 0.2) is 59.8 Å². The molecule has 2 aromatic carbocycles. The Morgan fingerprint density at radius 1 is 1.12 bits per heavy atom. The molecule has 5 rings (SSSR count). The predicted molar refractivity (Wildman–Crippen MR) is 123 cm³/mol. The van der Waals surface area contributed by atoms with Gasteiger partial charge in [-0.1, -0.05) is 38.1 Å². The van der Waals surface area contributed by atoms with Gasteiger partial charge in [0, 0.05) is 23.7 Å². The molecule has 1 aliphatic heterocycles. The Morgan fingerprint density at radius 2 is 1.84 bits per heavy atom. The minimum absolute atomic E-state index is 0.0675. The molecule has 1 unspecified atom stereocenters. The highest BCUT2D eigenvalue weighted by Crippen LogP contribution is 2.48. The maximum absolute atomic E-state index is 13.8. The van der Waals surface area contributed by atoms with E-state index in [4.69, 9.17) is 0 Å². The molecule has 1 fully saturated rings. The standard InChI is InChI=1S/C26H28FN3O2/c1-26(2)13-20-24(22(31)14-26)25(16-7-9-17(27)10-8-16)30(15-23(32)28-18-11-12-18)21-6-4-3-5-19(21)29-20/h3-10,18,25,29H,11-15H2,1-2H3,(H,28,32). The van der Waals surface area contributed by atoms with Crippen LogP contribution in [0.25, 0.3) is 0 Å².